The van der Waals surface area contributed by atoms with Gasteiger partial charge in [0.15, 0.2) is 11.5 Å². The van der Waals surface area contributed by atoms with Crippen LogP contribution >= 0.6 is 0 Å². The van der Waals surface area contributed by atoms with Crippen molar-refractivity contribution in [3.63, 3.8) is 0 Å². The van der Waals surface area contributed by atoms with Gasteiger partial charge >= 0.3 is 0 Å². The van der Waals surface area contributed by atoms with E-state index in [0.29, 0.717) is 5.41 Å². The minimum atomic E-state index is 0.356. The van der Waals surface area contributed by atoms with E-state index in [9.17, 15) is 0 Å². The predicted molar refractivity (Wildman–Crippen MR) is 84.8 cm³/mol. The molecule has 1 aromatic rings. The van der Waals surface area contributed by atoms with E-state index >= 15 is 0 Å². The monoisotopic (exact) mass is 279 g/mol. The molecule has 1 aromatic carbocycles. The van der Waals surface area contributed by atoms with E-state index in [1.807, 2.05) is 6.07 Å². The van der Waals surface area contributed by atoms with E-state index in [0.717, 1.165) is 31.0 Å². The maximum atomic E-state index is 5.35. The van der Waals surface area contributed by atoms with Crippen molar-refractivity contribution >= 4 is 0 Å². The third-order valence-corrected chi connectivity index (χ3v) is 3.77. The number of benzene rings is 1. The number of aryl methyl sites for hydroxylation is 1. The van der Waals surface area contributed by atoms with E-state index in [-0.39, 0.29) is 0 Å². The van der Waals surface area contributed by atoms with Crippen LogP contribution in [0.5, 0.6) is 11.5 Å². The molecule has 3 nitrogen and oxygen atoms in total. The maximum Gasteiger partial charge on any atom is 0.160 e. The van der Waals surface area contributed by atoms with Crippen LogP contribution in [0.2, 0.25) is 0 Å². The molecule has 1 N–H and O–H groups in total. The molecule has 0 unspecified atom stereocenters. The molecule has 0 aliphatic rings. The Hall–Kier alpha value is -1.22. The second kappa shape index (κ2) is 8.15. The number of ether oxygens (including phenoxy) is 2. The highest BCUT2D eigenvalue weighted by Gasteiger charge is 2.17. The van der Waals surface area contributed by atoms with Gasteiger partial charge in [0.2, 0.25) is 0 Å². The zero-order chi connectivity index (χ0) is 15.0. The molecule has 0 fully saturated rings. The maximum absolute atomic E-state index is 5.35. The van der Waals surface area contributed by atoms with Crippen LogP contribution in [0.3, 0.4) is 0 Å². The molecule has 0 spiro atoms. The fourth-order valence-corrected chi connectivity index (χ4v) is 2.25. The average molecular weight is 279 g/mol. The summed E-state index contributed by atoms with van der Waals surface area (Å²) in [6.45, 7) is 8.97. The number of nitrogens with one attached hydrogen (secondary N) is 1. The zero-order valence-electron chi connectivity index (χ0n) is 13.6. The van der Waals surface area contributed by atoms with E-state index in [1.54, 1.807) is 14.2 Å². The van der Waals surface area contributed by atoms with E-state index in [2.05, 4.69) is 38.2 Å². The van der Waals surface area contributed by atoms with Gasteiger partial charge in [-0.05, 0) is 55.5 Å². The molecule has 0 saturated heterocycles. The van der Waals surface area contributed by atoms with Crippen LogP contribution < -0.4 is 14.8 Å². The van der Waals surface area contributed by atoms with Crippen molar-refractivity contribution in [3.05, 3.63) is 23.8 Å². The van der Waals surface area contributed by atoms with Crippen LogP contribution in [-0.2, 0) is 6.42 Å². The van der Waals surface area contributed by atoms with Crippen LogP contribution in [0.1, 0.15) is 39.2 Å². The quantitative estimate of drug-likeness (QED) is 0.700. The van der Waals surface area contributed by atoms with Crippen molar-refractivity contribution in [1.29, 1.82) is 0 Å². The van der Waals surface area contributed by atoms with Crippen molar-refractivity contribution in [1.82, 2.24) is 5.32 Å². The summed E-state index contributed by atoms with van der Waals surface area (Å²) in [5, 5.41) is 3.40. The second-order valence-electron chi connectivity index (χ2n) is 5.96. The standard InChI is InChI=1S/C17H29NO2/c1-6-18-12-11-17(2,3)10-9-14-7-8-15(19-4)16(13-14)20-5/h7-8,13,18H,6,9-12H2,1-5H3. The van der Waals surface area contributed by atoms with Crippen LogP contribution in [0.25, 0.3) is 0 Å². The van der Waals surface area contributed by atoms with Crippen molar-refractivity contribution in [2.24, 2.45) is 5.41 Å². The highest BCUT2D eigenvalue weighted by atomic mass is 16.5. The Balaban J connectivity index is 2.56. The molecule has 3 heteroatoms. The molecule has 114 valence electrons. The lowest BCUT2D eigenvalue weighted by atomic mass is 9.83. The minimum Gasteiger partial charge on any atom is -0.493 e. The fourth-order valence-electron chi connectivity index (χ4n) is 2.25. The molecule has 0 amide bonds. The molecule has 0 aliphatic carbocycles. The third-order valence-electron chi connectivity index (χ3n) is 3.77. The number of hydrogen-bond donors (Lipinski definition) is 1. The molecular weight excluding hydrogens is 250 g/mol. The Bertz CT molecular complexity index is 402. The van der Waals surface area contributed by atoms with Crippen LogP contribution in [0, 0.1) is 5.41 Å². The Morgan fingerprint density at radius 1 is 1.05 bits per heavy atom. The summed E-state index contributed by atoms with van der Waals surface area (Å²) in [7, 11) is 3.35. The number of rotatable bonds is 9. The van der Waals surface area contributed by atoms with Crippen molar-refractivity contribution in [2.45, 2.75) is 40.0 Å². The van der Waals surface area contributed by atoms with Gasteiger partial charge in [0.05, 0.1) is 14.2 Å². The SMILES string of the molecule is CCNCCC(C)(C)CCc1ccc(OC)c(OC)c1. The second-order valence-corrected chi connectivity index (χ2v) is 5.96. The molecule has 0 saturated carbocycles. The lowest BCUT2D eigenvalue weighted by Crippen LogP contribution is -2.22. The highest BCUT2D eigenvalue weighted by Crippen LogP contribution is 2.31. The van der Waals surface area contributed by atoms with Gasteiger partial charge in [-0.2, -0.15) is 0 Å². The summed E-state index contributed by atoms with van der Waals surface area (Å²) < 4.78 is 10.6. The molecule has 0 atom stereocenters. The Labute approximate surface area is 123 Å². The van der Waals surface area contributed by atoms with Crippen molar-refractivity contribution in [2.75, 3.05) is 27.3 Å². The largest absolute Gasteiger partial charge is 0.493 e. The summed E-state index contributed by atoms with van der Waals surface area (Å²) in [4.78, 5) is 0. The highest BCUT2D eigenvalue weighted by molar-refractivity contribution is 5.42. The molecule has 0 heterocycles. The predicted octanol–water partition coefficient (Wildman–Crippen LogP) is 3.66. The van der Waals surface area contributed by atoms with Gasteiger partial charge in [-0.15, -0.1) is 0 Å². The summed E-state index contributed by atoms with van der Waals surface area (Å²) in [6, 6.07) is 6.20. The van der Waals surface area contributed by atoms with E-state index < -0.39 is 0 Å². The van der Waals surface area contributed by atoms with Crippen molar-refractivity contribution in [3.8, 4) is 11.5 Å². The molecular formula is C17H29NO2. The van der Waals surface area contributed by atoms with Gasteiger partial charge in [0, 0.05) is 0 Å². The fraction of sp³-hybridized carbons (Fsp3) is 0.647. The molecule has 0 bridgehead atoms. The average Bonchev–Trinajstić information content (AvgIpc) is 2.45. The lowest BCUT2D eigenvalue weighted by Gasteiger charge is -2.25. The Morgan fingerprint density at radius 3 is 2.35 bits per heavy atom. The minimum absolute atomic E-state index is 0.356. The Morgan fingerprint density at radius 2 is 1.75 bits per heavy atom. The molecule has 0 aliphatic heterocycles. The number of hydrogen-bond acceptors (Lipinski definition) is 3. The zero-order valence-corrected chi connectivity index (χ0v) is 13.6. The van der Waals surface area contributed by atoms with Gasteiger partial charge in [0.1, 0.15) is 0 Å². The summed E-state index contributed by atoms with van der Waals surface area (Å²) in [6.07, 6.45) is 3.45. The van der Waals surface area contributed by atoms with Gasteiger partial charge < -0.3 is 14.8 Å². The first-order chi connectivity index (χ1) is 9.52. The first-order valence-corrected chi connectivity index (χ1v) is 7.44. The molecule has 1 rings (SSSR count). The summed E-state index contributed by atoms with van der Waals surface area (Å²) in [5.74, 6) is 1.61. The van der Waals surface area contributed by atoms with Gasteiger partial charge in [-0.3, -0.25) is 0 Å². The summed E-state index contributed by atoms with van der Waals surface area (Å²) in [5.41, 5.74) is 1.66. The first kappa shape index (κ1) is 16.8. The Kier molecular flexibility index (Phi) is 6.86. The molecule has 0 radical (unpaired) electrons. The third kappa shape index (κ3) is 5.41. The van der Waals surface area contributed by atoms with E-state index in [4.69, 9.17) is 9.47 Å². The molecule has 20 heavy (non-hydrogen) atoms. The normalized spacial score (nSPS) is 11.4. The van der Waals surface area contributed by atoms with Gasteiger partial charge in [-0.25, -0.2) is 0 Å². The smallest absolute Gasteiger partial charge is 0.160 e. The van der Waals surface area contributed by atoms with Crippen LogP contribution in [0.4, 0.5) is 0 Å². The van der Waals surface area contributed by atoms with Crippen LogP contribution in [0.15, 0.2) is 18.2 Å². The first-order valence-electron chi connectivity index (χ1n) is 7.44. The topological polar surface area (TPSA) is 30.5 Å². The molecule has 0 aromatic heterocycles. The number of methoxy groups -OCH3 is 2. The van der Waals surface area contributed by atoms with Crippen molar-refractivity contribution < 1.29 is 9.47 Å². The lowest BCUT2D eigenvalue weighted by molar-refractivity contribution is 0.303. The summed E-state index contributed by atoms with van der Waals surface area (Å²) >= 11 is 0. The van der Waals surface area contributed by atoms with Crippen LogP contribution in [-0.4, -0.2) is 27.3 Å². The van der Waals surface area contributed by atoms with E-state index in [1.165, 1.54) is 18.4 Å². The van der Waals surface area contributed by atoms with Gasteiger partial charge in [0.25, 0.3) is 0 Å². The van der Waals surface area contributed by atoms with Gasteiger partial charge in [-0.1, -0.05) is 26.8 Å².